The maximum atomic E-state index is 3.94. The minimum absolute atomic E-state index is 0. The third kappa shape index (κ3) is 122. The molecule has 46 heavy (non-hydrogen) atoms. The molecule has 4 nitrogen and oxygen atoms in total. The van der Waals surface area contributed by atoms with Gasteiger partial charge < -0.3 is 0 Å². The smallest absolute Gasteiger partial charge is 0.0893 e. The molecule has 0 fully saturated rings. The molecule has 0 amide bonds. The molecule has 0 aliphatic heterocycles. The van der Waals surface area contributed by atoms with Crippen molar-refractivity contribution in [3.63, 3.8) is 0 Å². The molecule has 4 heterocycles. The van der Waals surface area contributed by atoms with E-state index in [0.717, 1.165) is 10.7 Å². The minimum Gasteiger partial charge on any atom is -0.253 e. The molecule has 4 aromatic rings. The van der Waals surface area contributed by atoms with Crippen molar-refractivity contribution < 1.29 is 0 Å². The van der Waals surface area contributed by atoms with Crippen LogP contribution >= 0.6 is 45.3 Å². The molecular formula is C38H78N4S4. The lowest BCUT2D eigenvalue weighted by Gasteiger charge is -2.05. The number of aromatic nitrogens is 4. The third-order valence-corrected chi connectivity index (χ3v) is 4.65. The Bertz CT molecular complexity index is 831. The Morgan fingerprint density at radius 2 is 0.913 bits per heavy atom. The third-order valence-electron chi connectivity index (χ3n) is 2.01. The van der Waals surface area contributed by atoms with Crippen molar-refractivity contribution in [3.05, 3.63) is 66.8 Å². The number of hydrogen-bond acceptors (Lipinski definition) is 8. The zero-order chi connectivity index (χ0) is 34.8. The summed E-state index contributed by atoms with van der Waals surface area (Å²) in [5, 5.41) is 7.05. The van der Waals surface area contributed by atoms with Crippen LogP contribution in [-0.4, -0.2) is 19.9 Å². The molecule has 0 bridgehead atoms. The van der Waals surface area contributed by atoms with E-state index >= 15 is 0 Å². The van der Waals surface area contributed by atoms with Gasteiger partial charge in [0.05, 0.1) is 21.5 Å². The topological polar surface area (TPSA) is 51.6 Å². The summed E-state index contributed by atoms with van der Waals surface area (Å²) >= 11 is 6.56. The zero-order valence-corrected chi connectivity index (χ0v) is 34.4. The van der Waals surface area contributed by atoms with Crippen molar-refractivity contribution in [2.45, 2.75) is 154 Å². The monoisotopic (exact) mass is 719 g/mol. The van der Waals surface area contributed by atoms with E-state index in [-0.39, 0.29) is 22.3 Å². The first-order valence-corrected chi connectivity index (χ1v) is 18.2. The van der Waals surface area contributed by atoms with Crippen molar-refractivity contribution in [3.8, 4) is 0 Å². The van der Waals surface area contributed by atoms with Gasteiger partial charge in [-0.05, 0) is 42.4 Å². The average molecular weight is 719 g/mol. The van der Waals surface area contributed by atoms with Gasteiger partial charge in [-0.1, -0.05) is 133 Å². The van der Waals surface area contributed by atoms with Crippen LogP contribution in [0.15, 0.2) is 51.3 Å². The van der Waals surface area contributed by atoms with Gasteiger partial charge in [-0.3, -0.25) is 19.9 Å². The molecule has 4 rings (SSSR count). The van der Waals surface area contributed by atoms with E-state index in [1.54, 1.807) is 63.3 Å². The SMILES string of the molecule is C.C.C.CC(C)(C)C.CC(C)(C)C.CC(C)(C)C.CC(C)(C)C.Cc1cncs1.Cc1cscn1.Cc1nccs1.c1cscn1. The highest BCUT2D eigenvalue weighted by atomic mass is 32.1. The second-order valence-corrected chi connectivity index (χ2v) is 19.6. The number of aryl methyl sites for hydroxylation is 3. The van der Waals surface area contributed by atoms with Crippen LogP contribution in [0.4, 0.5) is 0 Å². The zero-order valence-electron chi connectivity index (χ0n) is 31.1. The maximum absolute atomic E-state index is 3.94. The summed E-state index contributed by atoms with van der Waals surface area (Å²) in [6.07, 6.45) is 5.43. The second-order valence-electron chi connectivity index (χ2n) is 16.0. The standard InChI is InChI=1S/4C5H12.3C4H5NS.C3H3NS.3CH4/c4*1-5(2,3)4;1-4-2-6-3-5-4;1-4-2-5-3-6-4;1-4-5-2-3-6-4;1-2-5-3-4-1;;;/h4*1-4H3;3*2-3H,1H3;1-3H;3*1H4. The van der Waals surface area contributed by atoms with Gasteiger partial charge in [-0.15, -0.1) is 45.3 Å². The van der Waals surface area contributed by atoms with E-state index in [2.05, 4.69) is 131 Å². The molecule has 8 heteroatoms. The molecule has 0 unspecified atom stereocenters. The summed E-state index contributed by atoms with van der Waals surface area (Å²) in [6, 6.07) is 0. The summed E-state index contributed by atoms with van der Waals surface area (Å²) < 4.78 is 0. The Balaban J connectivity index is -0.0000000751. The lowest BCUT2D eigenvalue weighted by atomic mass is 10.0. The highest BCUT2D eigenvalue weighted by molar-refractivity contribution is 7.09. The lowest BCUT2D eigenvalue weighted by Crippen LogP contribution is -1.93. The van der Waals surface area contributed by atoms with Crippen LogP contribution in [0.25, 0.3) is 0 Å². The van der Waals surface area contributed by atoms with Crippen molar-refractivity contribution >= 4 is 45.3 Å². The summed E-state index contributed by atoms with van der Waals surface area (Å²) in [5.74, 6) is 0. The second kappa shape index (κ2) is 33.4. The summed E-state index contributed by atoms with van der Waals surface area (Å²) in [7, 11) is 0. The van der Waals surface area contributed by atoms with E-state index in [1.165, 1.54) is 4.88 Å². The highest BCUT2D eigenvalue weighted by Gasteiger charge is 1.97. The summed E-state index contributed by atoms with van der Waals surface area (Å²) in [6.45, 7) is 41.0. The first-order chi connectivity index (χ1) is 19.2. The Hall–Kier alpha value is -1.48. The Morgan fingerprint density at radius 1 is 0.478 bits per heavy atom. The number of hydrogen-bond donors (Lipinski definition) is 0. The van der Waals surface area contributed by atoms with Crippen LogP contribution in [0.2, 0.25) is 0 Å². The molecule has 274 valence electrons. The van der Waals surface area contributed by atoms with Gasteiger partial charge in [0.25, 0.3) is 0 Å². The normalized spacial score (nSPS) is 9.54. The van der Waals surface area contributed by atoms with E-state index in [0.29, 0.717) is 21.7 Å². The first-order valence-electron chi connectivity index (χ1n) is 14.6. The number of nitrogens with zero attached hydrogens (tertiary/aromatic N) is 4. The molecule has 0 N–H and O–H groups in total. The molecule has 0 spiro atoms. The molecule has 0 saturated carbocycles. The minimum atomic E-state index is 0. The van der Waals surface area contributed by atoms with E-state index in [1.807, 2.05) is 54.1 Å². The fraction of sp³-hybridized carbons (Fsp3) is 0.684. The first kappa shape index (κ1) is 59.9. The van der Waals surface area contributed by atoms with Gasteiger partial charge in [0.15, 0.2) is 0 Å². The maximum Gasteiger partial charge on any atom is 0.0893 e. The number of rotatable bonds is 0. The van der Waals surface area contributed by atoms with Crippen molar-refractivity contribution in [2.24, 2.45) is 21.7 Å². The van der Waals surface area contributed by atoms with Crippen LogP contribution in [0.1, 0.15) is 149 Å². The molecule has 0 atom stereocenters. The van der Waals surface area contributed by atoms with Gasteiger partial charge in [0.2, 0.25) is 0 Å². The summed E-state index contributed by atoms with van der Waals surface area (Å²) in [4.78, 5) is 16.7. The van der Waals surface area contributed by atoms with E-state index in [9.17, 15) is 0 Å². The fourth-order valence-corrected chi connectivity index (χ4v) is 2.77. The Morgan fingerprint density at radius 3 is 1.00 bits per heavy atom. The number of thiazole rings is 4. The van der Waals surface area contributed by atoms with E-state index in [4.69, 9.17) is 0 Å². The molecule has 4 aromatic heterocycles. The molecule has 0 aliphatic rings. The fourth-order valence-electron chi connectivity index (χ4n) is 1.02. The summed E-state index contributed by atoms with van der Waals surface area (Å²) in [5.41, 5.74) is 8.56. The molecule has 0 aliphatic carbocycles. The van der Waals surface area contributed by atoms with Crippen LogP contribution in [0, 0.1) is 42.4 Å². The average Bonchev–Trinajstić information content (AvgIpc) is 3.55. The van der Waals surface area contributed by atoms with Gasteiger partial charge in [0, 0.05) is 45.3 Å². The predicted octanol–water partition coefficient (Wildman–Crippen LogP) is 15.6. The van der Waals surface area contributed by atoms with Gasteiger partial charge in [-0.25, -0.2) is 0 Å². The van der Waals surface area contributed by atoms with Crippen LogP contribution in [0.5, 0.6) is 0 Å². The van der Waals surface area contributed by atoms with E-state index < -0.39 is 0 Å². The molecule has 0 saturated heterocycles. The molecule has 0 aromatic carbocycles. The van der Waals surface area contributed by atoms with Crippen molar-refractivity contribution in [1.82, 2.24) is 19.9 Å². The Kier molecular flexibility index (Phi) is 43.5. The lowest BCUT2D eigenvalue weighted by molar-refractivity contribution is 0.469. The Labute approximate surface area is 306 Å². The van der Waals surface area contributed by atoms with Crippen LogP contribution in [0.3, 0.4) is 0 Å². The quantitative estimate of drug-likeness (QED) is 0.182. The van der Waals surface area contributed by atoms with Crippen molar-refractivity contribution in [2.75, 3.05) is 0 Å². The van der Waals surface area contributed by atoms with Gasteiger partial charge in [0.1, 0.15) is 0 Å². The van der Waals surface area contributed by atoms with Crippen molar-refractivity contribution in [1.29, 1.82) is 0 Å². The largest absolute Gasteiger partial charge is 0.253 e. The molecule has 0 radical (unpaired) electrons. The van der Waals surface area contributed by atoms with Crippen LogP contribution in [-0.2, 0) is 0 Å². The molecular weight excluding hydrogens is 641 g/mol. The van der Waals surface area contributed by atoms with Crippen LogP contribution < -0.4 is 0 Å². The highest BCUT2D eigenvalue weighted by Crippen LogP contribution is 2.09. The predicted molar refractivity (Wildman–Crippen MR) is 223 cm³/mol. The van der Waals surface area contributed by atoms with Gasteiger partial charge in [-0.2, -0.15) is 0 Å². The van der Waals surface area contributed by atoms with Gasteiger partial charge >= 0.3 is 0 Å².